The molecule has 0 spiro atoms. The molecular weight excluding hydrogens is 386 g/mol. The van der Waals surface area contributed by atoms with Gasteiger partial charge in [-0.15, -0.1) is 12.4 Å². The fraction of sp³-hybridized carbons (Fsp3) is 0.316. The Balaban J connectivity index is 0.00000364. The number of aryl methyl sites for hydroxylation is 1. The third-order valence-electron chi connectivity index (χ3n) is 4.14. The Bertz CT molecular complexity index is 880. The van der Waals surface area contributed by atoms with Crippen LogP contribution in [0.2, 0.25) is 0 Å². The van der Waals surface area contributed by atoms with Crippen LogP contribution in [0, 0.1) is 6.92 Å². The molecule has 27 heavy (non-hydrogen) atoms. The second-order valence-electron chi connectivity index (χ2n) is 6.04. The minimum Gasteiger partial charge on any atom is -0.399 e. The smallest absolute Gasteiger partial charge is 0.243 e. The maximum Gasteiger partial charge on any atom is 0.243 e. The Morgan fingerprint density at radius 3 is 2.22 bits per heavy atom. The highest BCUT2D eigenvalue weighted by Crippen LogP contribution is 2.23. The normalized spacial score (nSPS) is 11.1. The van der Waals surface area contributed by atoms with Gasteiger partial charge in [-0.3, -0.25) is 4.79 Å². The van der Waals surface area contributed by atoms with E-state index in [4.69, 9.17) is 5.73 Å². The zero-order valence-corrected chi connectivity index (χ0v) is 17.4. The zero-order chi connectivity index (χ0) is 19.3. The van der Waals surface area contributed by atoms with Gasteiger partial charge in [0.05, 0.1) is 11.3 Å². The van der Waals surface area contributed by atoms with Crippen LogP contribution in [0.15, 0.2) is 47.4 Å². The van der Waals surface area contributed by atoms with Gasteiger partial charge in [0.2, 0.25) is 15.9 Å². The summed E-state index contributed by atoms with van der Waals surface area (Å²) in [5, 5.41) is 2.77. The molecule has 0 heterocycles. The summed E-state index contributed by atoms with van der Waals surface area (Å²) in [5.74, 6) is -0.218. The predicted octanol–water partition coefficient (Wildman–Crippen LogP) is 3.21. The van der Waals surface area contributed by atoms with E-state index in [1.54, 1.807) is 57.2 Å². The van der Waals surface area contributed by atoms with E-state index in [0.717, 1.165) is 5.56 Å². The number of rotatable bonds is 7. The summed E-state index contributed by atoms with van der Waals surface area (Å²) >= 11 is 0. The minimum absolute atomic E-state index is 0. The minimum atomic E-state index is -3.59. The molecule has 8 heteroatoms. The molecule has 1 amide bonds. The average molecular weight is 412 g/mol. The molecule has 0 aliphatic rings. The highest BCUT2D eigenvalue weighted by molar-refractivity contribution is 7.89. The molecule has 148 valence electrons. The van der Waals surface area contributed by atoms with Gasteiger partial charge < -0.3 is 11.1 Å². The van der Waals surface area contributed by atoms with Gasteiger partial charge in [0, 0.05) is 24.5 Å². The second-order valence-corrected chi connectivity index (χ2v) is 7.94. The van der Waals surface area contributed by atoms with Crippen molar-refractivity contribution in [2.45, 2.75) is 32.1 Å². The maximum absolute atomic E-state index is 12.8. The summed E-state index contributed by atoms with van der Waals surface area (Å²) in [6.07, 6.45) is 0.187. The van der Waals surface area contributed by atoms with Crippen LogP contribution in [-0.4, -0.2) is 31.7 Å². The second kappa shape index (κ2) is 9.73. The lowest BCUT2D eigenvalue weighted by Gasteiger charge is -2.20. The third-order valence-corrected chi connectivity index (χ3v) is 6.33. The molecule has 6 nitrogen and oxygen atoms in total. The van der Waals surface area contributed by atoms with Gasteiger partial charge in [0.1, 0.15) is 0 Å². The number of amides is 1. The van der Waals surface area contributed by atoms with Gasteiger partial charge in [0.15, 0.2) is 0 Å². The van der Waals surface area contributed by atoms with Crippen LogP contribution in [0.1, 0.15) is 25.0 Å². The zero-order valence-electron chi connectivity index (χ0n) is 15.7. The first kappa shape index (κ1) is 23.0. The lowest BCUT2D eigenvalue weighted by Crippen LogP contribution is -2.31. The summed E-state index contributed by atoms with van der Waals surface area (Å²) in [4.78, 5) is 12.5. The summed E-state index contributed by atoms with van der Waals surface area (Å²) in [6.45, 7) is 6.14. The van der Waals surface area contributed by atoms with Crippen molar-refractivity contribution in [2.24, 2.45) is 0 Å². The molecule has 0 unspecified atom stereocenters. The first-order valence-corrected chi connectivity index (χ1v) is 9.97. The van der Waals surface area contributed by atoms with Crippen LogP contribution in [0.4, 0.5) is 11.4 Å². The number of sulfonamides is 1. The topological polar surface area (TPSA) is 92.5 Å². The number of benzene rings is 2. The van der Waals surface area contributed by atoms with Gasteiger partial charge >= 0.3 is 0 Å². The van der Waals surface area contributed by atoms with E-state index in [1.807, 2.05) is 0 Å². The first-order chi connectivity index (χ1) is 12.3. The summed E-state index contributed by atoms with van der Waals surface area (Å²) in [6, 6.07) is 12.0. The van der Waals surface area contributed by atoms with Crippen molar-refractivity contribution in [2.75, 3.05) is 24.1 Å². The van der Waals surface area contributed by atoms with Crippen LogP contribution in [0.25, 0.3) is 0 Å². The van der Waals surface area contributed by atoms with Crippen LogP contribution in [0.3, 0.4) is 0 Å². The molecule has 2 aromatic carbocycles. The molecular formula is C19H26ClN3O3S. The standard InChI is InChI=1S/C19H25N3O3S.ClH/c1-4-22(5-2)26(24,25)18-13-17(11-6-14(18)3)21-19(23)12-15-7-9-16(20)10-8-15;/h6-11,13H,4-5,12,20H2,1-3H3,(H,21,23);1H. The lowest BCUT2D eigenvalue weighted by atomic mass is 10.1. The molecule has 0 atom stereocenters. The van der Waals surface area contributed by atoms with Crippen LogP contribution in [0.5, 0.6) is 0 Å². The van der Waals surface area contributed by atoms with Crippen LogP contribution >= 0.6 is 12.4 Å². The molecule has 0 aromatic heterocycles. The number of anilines is 2. The third kappa shape index (κ3) is 5.69. The van der Waals surface area contributed by atoms with E-state index in [-0.39, 0.29) is 29.6 Å². The van der Waals surface area contributed by atoms with Crippen molar-refractivity contribution in [1.29, 1.82) is 0 Å². The molecule has 2 aromatic rings. The molecule has 0 saturated heterocycles. The molecule has 0 radical (unpaired) electrons. The highest BCUT2D eigenvalue weighted by Gasteiger charge is 2.24. The van der Waals surface area contributed by atoms with Crippen molar-refractivity contribution in [3.63, 3.8) is 0 Å². The molecule has 2 rings (SSSR count). The van der Waals surface area contributed by atoms with Gasteiger partial charge in [-0.05, 0) is 42.3 Å². The van der Waals surface area contributed by atoms with E-state index in [2.05, 4.69) is 5.32 Å². The number of nitrogens with zero attached hydrogens (tertiary/aromatic N) is 1. The molecule has 0 fully saturated rings. The Morgan fingerprint density at radius 2 is 1.67 bits per heavy atom. The van der Waals surface area contributed by atoms with Crippen molar-refractivity contribution in [3.8, 4) is 0 Å². The maximum atomic E-state index is 12.8. The summed E-state index contributed by atoms with van der Waals surface area (Å²) < 4.78 is 27.0. The Labute approximate surface area is 167 Å². The van der Waals surface area contributed by atoms with Gasteiger partial charge in [0.25, 0.3) is 0 Å². The number of hydrogen-bond donors (Lipinski definition) is 2. The quantitative estimate of drug-likeness (QED) is 0.684. The molecule has 0 aliphatic carbocycles. The number of nitrogens with two attached hydrogens (primary N) is 1. The van der Waals surface area contributed by atoms with Gasteiger partial charge in [-0.2, -0.15) is 4.31 Å². The van der Waals surface area contributed by atoms with Crippen LogP contribution in [-0.2, 0) is 21.2 Å². The van der Waals surface area contributed by atoms with Crippen molar-refractivity contribution < 1.29 is 13.2 Å². The summed E-state index contributed by atoms with van der Waals surface area (Å²) in [7, 11) is -3.59. The Kier molecular flexibility index (Phi) is 8.27. The van der Waals surface area contributed by atoms with E-state index in [1.165, 1.54) is 10.4 Å². The Morgan fingerprint density at radius 1 is 1.07 bits per heavy atom. The van der Waals surface area contributed by atoms with Crippen molar-refractivity contribution in [1.82, 2.24) is 4.31 Å². The number of carbonyl (C=O) groups is 1. The SMILES string of the molecule is CCN(CC)S(=O)(=O)c1cc(NC(=O)Cc2ccc(N)cc2)ccc1C.Cl. The number of carbonyl (C=O) groups excluding carboxylic acids is 1. The van der Waals surface area contributed by atoms with E-state index >= 15 is 0 Å². The summed E-state index contributed by atoms with van der Waals surface area (Å²) in [5.41, 5.74) is 8.22. The molecule has 0 aliphatic heterocycles. The fourth-order valence-corrected chi connectivity index (χ4v) is 4.39. The largest absolute Gasteiger partial charge is 0.399 e. The number of hydrogen-bond acceptors (Lipinski definition) is 4. The first-order valence-electron chi connectivity index (χ1n) is 8.53. The Hall–Kier alpha value is -2.09. The van der Waals surface area contributed by atoms with E-state index < -0.39 is 10.0 Å². The fourth-order valence-electron chi connectivity index (χ4n) is 2.68. The molecule has 0 bridgehead atoms. The highest BCUT2D eigenvalue weighted by atomic mass is 35.5. The van der Waals surface area contributed by atoms with Crippen LogP contribution < -0.4 is 11.1 Å². The van der Waals surface area contributed by atoms with E-state index in [9.17, 15) is 13.2 Å². The number of nitrogens with one attached hydrogen (secondary N) is 1. The van der Waals surface area contributed by atoms with Gasteiger partial charge in [-0.25, -0.2) is 8.42 Å². The average Bonchev–Trinajstić information content (AvgIpc) is 2.59. The molecule has 0 saturated carbocycles. The van der Waals surface area contributed by atoms with Crippen molar-refractivity contribution >= 4 is 39.7 Å². The predicted molar refractivity (Wildman–Crippen MR) is 112 cm³/mol. The van der Waals surface area contributed by atoms with Gasteiger partial charge in [-0.1, -0.05) is 32.0 Å². The monoisotopic (exact) mass is 411 g/mol. The lowest BCUT2D eigenvalue weighted by molar-refractivity contribution is -0.115. The van der Waals surface area contributed by atoms with Crippen molar-refractivity contribution in [3.05, 3.63) is 53.6 Å². The number of nitrogen functional groups attached to an aromatic ring is 1. The van der Waals surface area contributed by atoms with E-state index in [0.29, 0.717) is 30.0 Å². The molecule has 3 N–H and O–H groups in total. The number of halogens is 1.